The Morgan fingerprint density at radius 3 is 2.56 bits per heavy atom. The molecule has 0 atom stereocenters. The Balaban J connectivity index is 0.00000261. The van der Waals surface area contributed by atoms with Gasteiger partial charge in [-0.1, -0.05) is 0 Å². The molecule has 27 heavy (non-hydrogen) atoms. The van der Waals surface area contributed by atoms with E-state index in [2.05, 4.69) is 10.3 Å². The van der Waals surface area contributed by atoms with E-state index >= 15 is 0 Å². The van der Waals surface area contributed by atoms with Crippen molar-refractivity contribution in [2.75, 3.05) is 32.8 Å². The lowest BCUT2D eigenvalue weighted by Gasteiger charge is -2.31. The van der Waals surface area contributed by atoms with Crippen LogP contribution in [0.3, 0.4) is 0 Å². The molecule has 3 rings (SSSR count). The number of carboxylic acids is 1. The van der Waals surface area contributed by atoms with Crippen molar-refractivity contribution in [1.29, 1.82) is 0 Å². The fourth-order valence-corrected chi connectivity index (χ4v) is 4.75. The summed E-state index contributed by atoms with van der Waals surface area (Å²) in [6.45, 7) is 5.49. The second-order valence-corrected chi connectivity index (χ2v) is 8.03. The number of amides is 1. The molecule has 0 aliphatic carbocycles. The summed E-state index contributed by atoms with van der Waals surface area (Å²) in [7, 11) is 0. The molecule has 2 saturated heterocycles. The number of thiazole rings is 1. The number of carbonyl (C=O) groups is 2. The Bertz CT molecular complexity index is 641. The summed E-state index contributed by atoms with van der Waals surface area (Å²) in [6, 6.07) is 0. The van der Waals surface area contributed by atoms with Crippen molar-refractivity contribution < 1.29 is 19.4 Å². The quantitative estimate of drug-likeness (QED) is 0.676. The number of aryl methyl sites for hydroxylation is 1. The lowest BCUT2D eigenvalue weighted by atomic mass is 9.99. The Hall–Kier alpha value is -1.03. The summed E-state index contributed by atoms with van der Waals surface area (Å²) in [6.07, 6.45) is 3.75. The SMILES string of the molecule is Br.Cc1nc(C2CCNCC2)sc1C(=O)N1CCC(OCCC(=O)O)CC1. The molecule has 7 nitrogen and oxygen atoms in total. The van der Waals surface area contributed by atoms with E-state index in [0.29, 0.717) is 19.0 Å². The molecule has 1 amide bonds. The van der Waals surface area contributed by atoms with Gasteiger partial charge in [-0.05, 0) is 45.7 Å². The average Bonchev–Trinajstić information content (AvgIpc) is 3.04. The zero-order valence-corrected chi connectivity index (χ0v) is 18.1. The lowest BCUT2D eigenvalue weighted by Crippen LogP contribution is -2.41. The van der Waals surface area contributed by atoms with E-state index in [0.717, 1.165) is 54.4 Å². The van der Waals surface area contributed by atoms with Gasteiger partial charge in [-0.15, -0.1) is 28.3 Å². The van der Waals surface area contributed by atoms with Crippen LogP contribution in [0.1, 0.15) is 58.4 Å². The summed E-state index contributed by atoms with van der Waals surface area (Å²) in [5.74, 6) is -0.304. The van der Waals surface area contributed by atoms with Gasteiger partial charge in [-0.25, -0.2) is 4.98 Å². The molecule has 0 aromatic carbocycles. The first kappa shape index (κ1) is 22.3. The van der Waals surface area contributed by atoms with Crippen LogP contribution >= 0.6 is 28.3 Å². The van der Waals surface area contributed by atoms with Gasteiger partial charge in [-0.2, -0.15) is 0 Å². The number of hydrogen-bond acceptors (Lipinski definition) is 6. The highest BCUT2D eigenvalue weighted by atomic mass is 79.9. The third-order valence-corrected chi connectivity index (χ3v) is 6.40. The minimum atomic E-state index is -0.845. The van der Waals surface area contributed by atoms with Crippen LogP contribution < -0.4 is 5.32 Å². The number of halogens is 1. The van der Waals surface area contributed by atoms with Crippen LogP contribution in [0.5, 0.6) is 0 Å². The van der Waals surface area contributed by atoms with Crippen LogP contribution in [0.15, 0.2) is 0 Å². The minimum Gasteiger partial charge on any atom is -0.481 e. The summed E-state index contributed by atoms with van der Waals surface area (Å²) < 4.78 is 5.60. The number of rotatable bonds is 6. The summed E-state index contributed by atoms with van der Waals surface area (Å²) in [4.78, 5) is 30.8. The molecule has 0 saturated carbocycles. The number of likely N-dealkylation sites (tertiary alicyclic amines) is 1. The number of nitrogens with one attached hydrogen (secondary N) is 1. The van der Waals surface area contributed by atoms with E-state index in [9.17, 15) is 9.59 Å². The standard InChI is InChI=1S/C18H27N3O4S.BrH/c1-12-16(26-17(20-12)13-2-7-19-8-3-13)18(24)21-9-4-14(5-10-21)25-11-6-15(22)23;/h13-14,19H,2-11H2,1H3,(H,22,23);1H. The van der Waals surface area contributed by atoms with Crippen LogP contribution in [0, 0.1) is 6.92 Å². The highest BCUT2D eigenvalue weighted by Gasteiger charge is 2.28. The van der Waals surface area contributed by atoms with E-state index in [1.54, 1.807) is 11.3 Å². The molecule has 0 radical (unpaired) electrons. The van der Waals surface area contributed by atoms with Crippen LogP contribution in [-0.2, 0) is 9.53 Å². The van der Waals surface area contributed by atoms with Crippen molar-refractivity contribution in [3.05, 3.63) is 15.6 Å². The molecule has 1 aromatic rings. The first-order valence-corrected chi connectivity index (χ1v) is 10.2. The summed E-state index contributed by atoms with van der Waals surface area (Å²) in [5, 5.41) is 13.1. The zero-order valence-electron chi connectivity index (χ0n) is 15.6. The molecule has 2 fully saturated rings. The van der Waals surface area contributed by atoms with Gasteiger partial charge in [0.1, 0.15) is 4.88 Å². The fraction of sp³-hybridized carbons (Fsp3) is 0.722. The van der Waals surface area contributed by atoms with E-state index in [1.165, 1.54) is 0 Å². The lowest BCUT2D eigenvalue weighted by molar-refractivity contribution is -0.138. The van der Waals surface area contributed by atoms with E-state index < -0.39 is 5.97 Å². The van der Waals surface area contributed by atoms with Crippen LogP contribution in [-0.4, -0.2) is 65.8 Å². The molecule has 9 heteroatoms. The zero-order chi connectivity index (χ0) is 18.5. The molecule has 0 unspecified atom stereocenters. The molecule has 2 N–H and O–H groups in total. The number of hydrogen-bond donors (Lipinski definition) is 2. The molecule has 3 heterocycles. The van der Waals surface area contributed by atoms with Crippen LogP contribution in [0.25, 0.3) is 0 Å². The molecule has 2 aliphatic rings. The fourth-order valence-electron chi connectivity index (χ4n) is 3.54. The van der Waals surface area contributed by atoms with Crippen molar-refractivity contribution in [3.8, 4) is 0 Å². The van der Waals surface area contributed by atoms with E-state index in [4.69, 9.17) is 9.84 Å². The maximum absolute atomic E-state index is 12.9. The second-order valence-electron chi connectivity index (χ2n) is 7.00. The van der Waals surface area contributed by atoms with Gasteiger partial charge in [0.2, 0.25) is 0 Å². The third kappa shape index (κ3) is 5.97. The van der Waals surface area contributed by atoms with Crippen molar-refractivity contribution in [2.24, 2.45) is 0 Å². The third-order valence-electron chi connectivity index (χ3n) is 5.09. The van der Waals surface area contributed by atoms with Gasteiger partial charge in [0.15, 0.2) is 0 Å². The molecule has 152 valence electrons. The Morgan fingerprint density at radius 1 is 1.26 bits per heavy atom. The van der Waals surface area contributed by atoms with Crippen molar-refractivity contribution >= 4 is 40.2 Å². The monoisotopic (exact) mass is 461 g/mol. The van der Waals surface area contributed by atoms with Crippen LogP contribution in [0.4, 0.5) is 0 Å². The predicted octanol–water partition coefficient (Wildman–Crippen LogP) is 2.59. The molecule has 1 aromatic heterocycles. The summed E-state index contributed by atoms with van der Waals surface area (Å²) in [5.41, 5.74) is 0.841. The highest BCUT2D eigenvalue weighted by Crippen LogP contribution is 2.31. The highest BCUT2D eigenvalue weighted by molar-refractivity contribution is 8.93. The second kappa shape index (κ2) is 10.5. The van der Waals surface area contributed by atoms with Gasteiger partial charge >= 0.3 is 5.97 Å². The molecule has 0 bridgehead atoms. The van der Waals surface area contributed by atoms with Gasteiger partial charge in [-0.3, -0.25) is 9.59 Å². The Kier molecular flexibility index (Phi) is 8.65. The largest absolute Gasteiger partial charge is 0.481 e. The molecular weight excluding hydrogens is 434 g/mol. The van der Waals surface area contributed by atoms with Crippen molar-refractivity contribution in [1.82, 2.24) is 15.2 Å². The number of aliphatic carboxylic acids is 1. The maximum Gasteiger partial charge on any atom is 0.305 e. The number of carbonyl (C=O) groups excluding carboxylic acids is 1. The van der Waals surface area contributed by atoms with E-state index in [1.807, 2.05) is 11.8 Å². The summed E-state index contributed by atoms with van der Waals surface area (Å²) >= 11 is 1.56. The van der Waals surface area contributed by atoms with Crippen molar-refractivity contribution in [2.45, 2.75) is 51.0 Å². The number of nitrogens with zero attached hydrogens (tertiary/aromatic N) is 2. The van der Waals surface area contributed by atoms with Gasteiger partial charge in [0.25, 0.3) is 5.91 Å². The van der Waals surface area contributed by atoms with E-state index in [-0.39, 0.29) is 42.0 Å². The maximum atomic E-state index is 12.9. The number of ether oxygens (including phenoxy) is 1. The number of carboxylic acid groups (broad SMARTS) is 1. The number of piperidine rings is 2. The average molecular weight is 462 g/mol. The van der Waals surface area contributed by atoms with Crippen molar-refractivity contribution in [3.63, 3.8) is 0 Å². The predicted molar refractivity (Wildman–Crippen MR) is 109 cm³/mol. The first-order chi connectivity index (χ1) is 12.5. The minimum absolute atomic E-state index is 0. The molecular formula is C18H28BrN3O4S. The van der Waals surface area contributed by atoms with Crippen LogP contribution in [0.2, 0.25) is 0 Å². The smallest absolute Gasteiger partial charge is 0.305 e. The first-order valence-electron chi connectivity index (χ1n) is 9.35. The topological polar surface area (TPSA) is 91.8 Å². The van der Waals surface area contributed by atoms with Gasteiger partial charge in [0.05, 0.1) is 29.8 Å². The van der Waals surface area contributed by atoms with Gasteiger partial charge in [0, 0.05) is 19.0 Å². The Morgan fingerprint density at radius 2 is 1.93 bits per heavy atom. The molecule has 0 spiro atoms. The Labute approximate surface area is 174 Å². The number of aromatic nitrogens is 1. The normalized spacial score (nSPS) is 18.9. The van der Waals surface area contributed by atoms with Gasteiger partial charge < -0.3 is 20.1 Å². The molecule has 2 aliphatic heterocycles.